The SMILES string of the molecule is CC(=O)Nc1cccc(N2CCN(C(=O)Cc3ccccc3F)CC2)c1. The van der Waals surface area contributed by atoms with Crippen molar-refractivity contribution < 1.29 is 14.0 Å². The first kappa shape index (κ1) is 17.9. The van der Waals surface area contributed by atoms with Crippen molar-refractivity contribution in [2.24, 2.45) is 0 Å². The Bertz CT molecular complexity index is 801. The van der Waals surface area contributed by atoms with Gasteiger partial charge in [-0.2, -0.15) is 0 Å². The van der Waals surface area contributed by atoms with Gasteiger partial charge in [0.2, 0.25) is 11.8 Å². The number of carbonyl (C=O) groups excluding carboxylic acids is 2. The van der Waals surface area contributed by atoms with Gasteiger partial charge in [-0.3, -0.25) is 9.59 Å². The smallest absolute Gasteiger partial charge is 0.227 e. The van der Waals surface area contributed by atoms with E-state index in [0.717, 1.165) is 11.4 Å². The molecule has 0 aliphatic carbocycles. The molecule has 1 N–H and O–H groups in total. The van der Waals surface area contributed by atoms with Gasteiger partial charge in [-0.05, 0) is 29.8 Å². The van der Waals surface area contributed by atoms with Gasteiger partial charge in [0.25, 0.3) is 0 Å². The first-order valence-corrected chi connectivity index (χ1v) is 8.67. The number of rotatable bonds is 4. The lowest BCUT2D eigenvalue weighted by atomic mass is 10.1. The molecule has 0 spiro atoms. The number of hydrogen-bond donors (Lipinski definition) is 1. The monoisotopic (exact) mass is 355 g/mol. The largest absolute Gasteiger partial charge is 0.368 e. The number of hydrogen-bond acceptors (Lipinski definition) is 3. The van der Waals surface area contributed by atoms with E-state index >= 15 is 0 Å². The van der Waals surface area contributed by atoms with Crippen LogP contribution in [0.4, 0.5) is 15.8 Å². The van der Waals surface area contributed by atoms with Gasteiger partial charge >= 0.3 is 0 Å². The maximum absolute atomic E-state index is 13.7. The molecule has 0 radical (unpaired) electrons. The van der Waals surface area contributed by atoms with Gasteiger partial charge in [0.15, 0.2) is 0 Å². The summed E-state index contributed by atoms with van der Waals surface area (Å²) >= 11 is 0. The summed E-state index contributed by atoms with van der Waals surface area (Å²) < 4.78 is 13.7. The van der Waals surface area contributed by atoms with E-state index in [2.05, 4.69) is 10.2 Å². The molecule has 1 aliphatic rings. The topological polar surface area (TPSA) is 52.7 Å². The van der Waals surface area contributed by atoms with Crippen LogP contribution < -0.4 is 10.2 Å². The van der Waals surface area contributed by atoms with Gasteiger partial charge in [0.1, 0.15) is 5.82 Å². The maximum Gasteiger partial charge on any atom is 0.227 e. The Morgan fingerprint density at radius 2 is 1.77 bits per heavy atom. The van der Waals surface area contributed by atoms with Crippen LogP contribution in [0.15, 0.2) is 48.5 Å². The van der Waals surface area contributed by atoms with Gasteiger partial charge in [0.05, 0.1) is 6.42 Å². The second-order valence-corrected chi connectivity index (χ2v) is 6.37. The zero-order valence-corrected chi connectivity index (χ0v) is 14.7. The van der Waals surface area contributed by atoms with Gasteiger partial charge in [-0.1, -0.05) is 24.3 Å². The number of anilines is 2. The van der Waals surface area contributed by atoms with E-state index in [-0.39, 0.29) is 24.1 Å². The molecule has 3 rings (SSSR count). The number of nitrogens with one attached hydrogen (secondary N) is 1. The zero-order chi connectivity index (χ0) is 18.5. The first-order valence-electron chi connectivity index (χ1n) is 8.67. The lowest BCUT2D eigenvalue weighted by Crippen LogP contribution is -2.49. The minimum absolute atomic E-state index is 0.0539. The quantitative estimate of drug-likeness (QED) is 0.917. The summed E-state index contributed by atoms with van der Waals surface area (Å²) in [6, 6.07) is 14.1. The second kappa shape index (κ2) is 7.99. The molecular formula is C20H22FN3O2. The summed E-state index contributed by atoms with van der Waals surface area (Å²) in [6.07, 6.45) is 0.0880. The average molecular weight is 355 g/mol. The minimum Gasteiger partial charge on any atom is -0.368 e. The average Bonchev–Trinajstić information content (AvgIpc) is 2.63. The summed E-state index contributed by atoms with van der Waals surface area (Å²) in [5, 5.41) is 2.78. The minimum atomic E-state index is -0.339. The van der Waals surface area contributed by atoms with Gasteiger partial charge in [0, 0.05) is 44.5 Å². The molecule has 6 heteroatoms. The molecule has 136 valence electrons. The number of benzene rings is 2. The predicted molar refractivity (Wildman–Crippen MR) is 99.6 cm³/mol. The van der Waals surface area contributed by atoms with E-state index in [1.165, 1.54) is 13.0 Å². The molecule has 1 heterocycles. The second-order valence-electron chi connectivity index (χ2n) is 6.37. The van der Waals surface area contributed by atoms with Crippen LogP contribution in [0.3, 0.4) is 0 Å². The van der Waals surface area contributed by atoms with Crippen LogP contribution in [-0.2, 0) is 16.0 Å². The molecule has 1 aliphatic heterocycles. The summed E-state index contributed by atoms with van der Waals surface area (Å²) in [6.45, 7) is 4.07. The molecular weight excluding hydrogens is 333 g/mol. The summed E-state index contributed by atoms with van der Waals surface area (Å²) in [5.74, 6) is -0.498. The fourth-order valence-corrected chi connectivity index (χ4v) is 3.11. The van der Waals surface area contributed by atoms with Crippen molar-refractivity contribution in [2.45, 2.75) is 13.3 Å². The van der Waals surface area contributed by atoms with Crippen molar-refractivity contribution >= 4 is 23.2 Å². The molecule has 2 aromatic carbocycles. The molecule has 0 saturated carbocycles. The molecule has 2 amide bonds. The van der Waals surface area contributed by atoms with Crippen LogP contribution in [0.1, 0.15) is 12.5 Å². The number of piperazine rings is 1. The van der Waals surface area contributed by atoms with Crippen LogP contribution in [0, 0.1) is 5.82 Å². The predicted octanol–water partition coefficient (Wildman–Crippen LogP) is 2.68. The van der Waals surface area contributed by atoms with E-state index in [9.17, 15) is 14.0 Å². The summed E-state index contributed by atoms with van der Waals surface area (Å²) in [5.41, 5.74) is 2.20. The standard InChI is InChI=1S/C20H22FN3O2/c1-15(25)22-17-6-4-7-18(14-17)23-9-11-24(12-10-23)20(26)13-16-5-2-3-8-19(16)21/h2-8,14H,9-13H2,1H3,(H,22,25). The highest BCUT2D eigenvalue weighted by Crippen LogP contribution is 2.21. The molecule has 0 atom stereocenters. The van der Waals surface area contributed by atoms with Crippen LogP contribution in [-0.4, -0.2) is 42.9 Å². The number of halogens is 1. The van der Waals surface area contributed by atoms with E-state index in [4.69, 9.17) is 0 Å². The van der Waals surface area contributed by atoms with Crippen molar-refractivity contribution in [2.75, 3.05) is 36.4 Å². The number of nitrogens with zero attached hydrogens (tertiary/aromatic N) is 2. The Hall–Kier alpha value is -2.89. The fourth-order valence-electron chi connectivity index (χ4n) is 3.11. The molecule has 5 nitrogen and oxygen atoms in total. The van der Waals surface area contributed by atoms with Crippen LogP contribution in [0.2, 0.25) is 0 Å². The third-order valence-corrected chi connectivity index (χ3v) is 4.46. The van der Waals surface area contributed by atoms with Crippen molar-refractivity contribution in [1.29, 1.82) is 0 Å². The van der Waals surface area contributed by atoms with Crippen molar-refractivity contribution in [1.82, 2.24) is 4.90 Å². The fraction of sp³-hybridized carbons (Fsp3) is 0.300. The highest BCUT2D eigenvalue weighted by Gasteiger charge is 2.22. The third kappa shape index (κ3) is 4.39. The Labute approximate surface area is 152 Å². The molecule has 2 aromatic rings. The Kier molecular flexibility index (Phi) is 5.51. The van der Waals surface area contributed by atoms with E-state index in [1.54, 1.807) is 23.1 Å². The summed E-state index contributed by atoms with van der Waals surface area (Å²) in [7, 11) is 0. The first-order chi connectivity index (χ1) is 12.5. The molecule has 0 aromatic heterocycles. The lowest BCUT2D eigenvalue weighted by molar-refractivity contribution is -0.130. The number of amides is 2. The molecule has 0 unspecified atom stereocenters. The Balaban J connectivity index is 1.58. The van der Waals surface area contributed by atoms with E-state index in [1.807, 2.05) is 24.3 Å². The van der Waals surface area contributed by atoms with Crippen LogP contribution in [0.5, 0.6) is 0 Å². The van der Waals surface area contributed by atoms with Gasteiger partial charge in [-0.25, -0.2) is 4.39 Å². The molecule has 26 heavy (non-hydrogen) atoms. The Morgan fingerprint density at radius 1 is 1.04 bits per heavy atom. The highest BCUT2D eigenvalue weighted by atomic mass is 19.1. The van der Waals surface area contributed by atoms with Crippen LogP contribution in [0.25, 0.3) is 0 Å². The summed E-state index contributed by atoms with van der Waals surface area (Å²) in [4.78, 5) is 27.6. The van der Waals surface area contributed by atoms with E-state index < -0.39 is 0 Å². The maximum atomic E-state index is 13.7. The Morgan fingerprint density at radius 3 is 2.46 bits per heavy atom. The van der Waals surface area contributed by atoms with Gasteiger partial charge in [-0.15, -0.1) is 0 Å². The normalized spacial score (nSPS) is 14.2. The van der Waals surface area contributed by atoms with Crippen molar-refractivity contribution in [3.8, 4) is 0 Å². The van der Waals surface area contributed by atoms with Crippen molar-refractivity contribution in [3.63, 3.8) is 0 Å². The zero-order valence-electron chi connectivity index (χ0n) is 14.7. The van der Waals surface area contributed by atoms with Gasteiger partial charge < -0.3 is 15.1 Å². The van der Waals surface area contributed by atoms with E-state index in [0.29, 0.717) is 31.7 Å². The van der Waals surface area contributed by atoms with Crippen LogP contribution >= 0.6 is 0 Å². The molecule has 0 bridgehead atoms. The van der Waals surface area contributed by atoms with Crippen molar-refractivity contribution in [3.05, 3.63) is 59.9 Å². The number of carbonyl (C=O) groups is 2. The molecule has 1 fully saturated rings. The lowest BCUT2D eigenvalue weighted by Gasteiger charge is -2.36. The third-order valence-electron chi connectivity index (χ3n) is 4.46. The molecule has 1 saturated heterocycles. The highest BCUT2D eigenvalue weighted by molar-refractivity contribution is 5.89.